The molecule has 0 amide bonds. The zero-order valence-corrected chi connectivity index (χ0v) is 11.7. The van der Waals surface area contributed by atoms with Gasteiger partial charge in [-0.3, -0.25) is 0 Å². The second-order valence-electron chi connectivity index (χ2n) is 4.30. The van der Waals surface area contributed by atoms with Crippen LogP contribution in [-0.2, 0) is 22.3 Å². The van der Waals surface area contributed by atoms with E-state index in [4.69, 9.17) is 5.11 Å². The minimum Gasteiger partial charge on any atom is -0.478 e. The number of sulfonamides is 1. The molecule has 0 saturated heterocycles. The van der Waals surface area contributed by atoms with E-state index in [2.05, 4.69) is 14.9 Å². The van der Waals surface area contributed by atoms with Crippen LogP contribution in [0, 0.1) is 0 Å². The molecule has 1 heterocycles. The highest BCUT2D eigenvalue weighted by atomic mass is 32.2. The summed E-state index contributed by atoms with van der Waals surface area (Å²) in [5, 5.41) is 16.2. The third-order valence-electron chi connectivity index (χ3n) is 2.66. The predicted molar refractivity (Wildman–Crippen MR) is 74.9 cm³/mol. The van der Waals surface area contributed by atoms with Crippen LogP contribution in [0.5, 0.6) is 0 Å². The molecule has 0 aliphatic carbocycles. The smallest absolute Gasteiger partial charge is 0.335 e. The minimum absolute atomic E-state index is 0.0589. The summed E-state index contributed by atoms with van der Waals surface area (Å²) < 4.78 is 26.2. The van der Waals surface area contributed by atoms with Crippen LogP contribution in [0.1, 0.15) is 21.6 Å². The average molecular weight is 307 g/mol. The minimum atomic E-state index is -3.53. The van der Waals surface area contributed by atoms with Crippen molar-refractivity contribution >= 4 is 16.0 Å². The first-order valence-corrected chi connectivity index (χ1v) is 7.68. The van der Waals surface area contributed by atoms with Crippen LogP contribution in [0.25, 0.3) is 0 Å². The van der Waals surface area contributed by atoms with Crippen molar-refractivity contribution in [3.8, 4) is 0 Å². The first kappa shape index (κ1) is 15.1. The summed E-state index contributed by atoms with van der Waals surface area (Å²) >= 11 is 0. The molecule has 0 spiro atoms. The van der Waals surface area contributed by atoms with Crippen molar-refractivity contribution in [3.05, 3.63) is 59.4 Å². The molecule has 0 saturated carbocycles. The lowest BCUT2D eigenvalue weighted by Gasteiger charge is -2.06. The van der Waals surface area contributed by atoms with E-state index in [1.807, 2.05) is 0 Å². The number of hydrogen-bond acceptors (Lipinski definition) is 5. The fourth-order valence-corrected chi connectivity index (χ4v) is 2.73. The van der Waals surface area contributed by atoms with Gasteiger partial charge in [0.05, 0.1) is 23.6 Å². The maximum absolute atomic E-state index is 11.9. The zero-order chi connectivity index (χ0) is 15.3. The van der Waals surface area contributed by atoms with Gasteiger partial charge in [-0.05, 0) is 29.8 Å². The maximum Gasteiger partial charge on any atom is 0.335 e. The predicted octanol–water partition coefficient (Wildman–Crippen LogP) is 0.794. The van der Waals surface area contributed by atoms with Gasteiger partial charge >= 0.3 is 5.97 Å². The molecule has 0 aliphatic rings. The Balaban J connectivity index is 1.99. The maximum atomic E-state index is 11.9. The van der Waals surface area contributed by atoms with Crippen molar-refractivity contribution in [3.63, 3.8) is 0 Å². The van der Waals surface area contributed by atoms with E-state index < -0.39 is 16.0 Å². The van der Waals surface area contributed by atoms with Gasteiger partial charge < -0.3 is 5.11 Å². The van der Waals surface area contributed by atoms with Crippen LogP contribution in [0.15, 0.2) is 42.6 Å². The third-order valence-corrected chi connectivity index (χ3v) is 3.96. The molecule has 2 rings (SSSR count). The Morgan fingerprint density at radius 3 is 2.48 bits per heavy atom. The summed E-state index contributed by atoms with van der Waals surface area (Å²) in [5.41, 5.74) is 1.14. The molecule has 7 nitrogen and oxygen atoms in total. The molecular formula is C13H13N3O4S. The molecule has 110 valence electrons. The van der Waals surface area contributed by atoms with Gasteiger partial charge in [-0.2, -0.15) is 10.2 Å². The summed E-state index contributed by atoms with van der Waals surface area (Å²) in [4.78, 5) is 10.7. The van der Waals surface area contributed by atoms with Gasteiger partial charge in [0.15, 0.2) is 0 Å². The number of aromatic nitrogens is 2. The zero-order valence-electron chi connectivity index (χ0n) is 10.9. The molecule has 1 aromatic carbocycles. The highest BCUT2D eigenvalue weighted by molar-refractivity contribution is 7.88. The first-order valence-electron chi connectivity index (χ1n) is 6.02. The van der Waals surface area contributed by atoms with Crippen molar-refractivity contribution in [1.29, 1.82) is 0 Å². The van der Waals surface area contributed by atoms with E-state index in [-0.39, 0.29) is 17.9 Å². The summed E-state index contributed by atoms with van der Waals surface area (Å²) in [6.45, 7) is 0.0589. The topological polar surface area (TPSA) is 109 Å². The Kier molecular flexibility index (Phi) is 4.61. The lowest BCUT2D eigenvalue weighted by molar-refractivity contribution is 0.0697. The van der Waals surface area contributed by atoms with Gasteiger partial charge in [-0.15, -0.1) is 0 Å². The molecule has 0 bridgehead atoms. The fraction of sp³-hybridized carbons (Fsp3) is 0.154. The summed E-state index contributed by atoms with van der Waals surface area (Å²) in [5.74, 6) is -1.28. The van der Waals surface area contributed by atoms with Crippen molar-refractivity contribution in [2.45, 2.75) is 12.3 Å². The second-order valence-corrected chi connectivity index (χ2v) is 6.10. The highest BCUT2D eigenvalue weighted by Crippen LogP contribution is 2.08. The molecule has 0 atom stereocenters. The Hall–Kier alpha value is -2.32. The second kappa shape index (κ2) is 6.42. The molecule has 0 fully saturated rings. The summed E-state index contributed by atoms with van der Waals surface area (Å²) in [7, 11) is -3.53. The number of aromatic carboxylic acids is 1. The van der Waals surface area contributed by atoms with Gasteiger partial charge in [-0.25, -0.2) is 17.9 Å². The molecule has 8 heteroatoms. The lowest BCUT2D eigenvalue weighted by Crippen LogP contribution is -2.25. The number of carboxylic acids is 1. The Bertz CT molecular complexity index is 715. The Morgan fingerprint density at radius 1 is 1.19 bits per heavy atom. The molecule has 21 heavy (non-hydrogen) atoms. The number of benzene rings is 1. The molecule has 0 radical (unpaired) electrons. The highest BCUT2D eigenvalue weighted by Gasteiger charge is 2.12. The van der Waals surface area contributed by atoms with Crippen LogP contribution in [-0.4, -0.2) is 29.7 Å². The molecular weight excluding hydrogens is 294 g/mol. The quantitative estimate of drug-likeness (QED) is 0.816. The van der Waals surface area contributed by atoms with Crippen LogP contribution < -0.4 is 4.72 Å². The molecule has 1 aromatic heterocycles. The van der Waals surface area contributed by atoms with Crippen LogP contribution >= 0.6 is 0 Å². The number of nitrogens with zero attached hydrogens (tertiary/aromatic N) is 2. The van der Waals surface area contributed by atoms with Crippen molar-refractivity contribution in [2.75, 3.05) is 0 Å². The molecule has 2 aromatic rings. The normalized spacial score (nSPS) is 11.2. The van der Waals surface area contributed by atoms with E-state index in [0.717, 1.165) is 0 Å². The third kappa shape index (κ3) is 4.62. The van der Waals surface area contributed by atoms with Crippen LogP contribution in [0.2, 0.25) is 0 Å². The number of hydrogen-bond donors (Lipinski definition) is 2. The van der Waals surface area contributed by atoms with E-state index in [1.165, 1.54) is 30.5 Å². The Morgan fingerprint density at radius 2 is 1.90 bits per heavy atom. The average Bonchev–Trinajstić information content (AvgIpc) is 2.46. The number of rotatable bonds is 6. The molecule has 2 N–H and O–H groups in total. The first-order chi connectivity index (χ1) is 9.96. The van der Waals surface area contributed by atoms with Crippen LogP contribution in [0.3, 0.4) is 0 Å². The van der Waals surface area contributed by atoms with Gasteiger partial charge in [0, 0.05) is 6.20 Å². The summed E-state index contributed by atoms with van der Waals surface area (Å²) in [6.07, 6.45) is 1.50. The van der Waals surface area contributed by atoms with Crippen molar-refractivity contribution < 1.29 is 18.3 Å². The van der Waals surface area contributed by atoms with E-state index in [9.17, 15) is 13.2 Å². The number of carbonyl (C=O) groups is 1. The molecule has 0 aliphatic heterocycles. The number of nitrogens with one attached hydrogen (secondary N) is 1. The largest absolute Gasteiger partial charge is 0.478 e. The SMILES string of the molecule is O=C(O)c1ccc(CS(=O)(=O)NCc2cccnn2)cc1. The fourth-order valence-electron chi connectivity index (χ4n) is 1.63. The standard InChI is InChI=1S/C13H13N3O4S/c17-13(18)11-5-3-10(4-6-11)9-21(19,20)15-8-12-2-1-7-14-16-12/h1-7,15H,8-9H2,(H,17,18). The van der Waals surface area contributed by atoms with Crippen LogP contribution in [0.4, 0.5) is 0 Å². The van der Waals surface area contributed by atoms with Gasteiger partial charge in [0.2, 0.25) is 10.0 Å². The van der Waals surface area contributed by atoms with Crippen molar-refractivity contribution in [1.82, 2.24) is 14.9 Å². The van der Waals surface area contributed by atoms with E-state index >= 15 is 0 Å². The van der Waals surface area contributed by atoms with Gasteiger partial charge in [-0.1, -0.05) is 12.1 Å². The monoisotopic (exact) mass is 307 g/mol. The number of carboxylic acid groups (broad SMARTS) is 1. The van der Waals surface area contributed by atoms with Gasteiger partial charge in [0.25, 0.3) is 0 Å². The van der Waals surface area contributed by atoms with Gasteiger partial charge in [0.1, 0.15) is 0 Å². The molecule has 0 unspecified atom stereocenters. The summed E-state index contributed by atoms with van der Waals surface area (Å²) in [6, 6.07) is 9.03. The van der Waals surface area contributed by atoms with Crippen molar-refractivity contribution in [2.24, 2.45) is 0 Å². The van der Waals surface area contributed by atoms with E-state index in [1.54, 1.807) is 12.1 Å². The lowest BCUT2D eigenvalue weighted by atomic mass is 10.1. The van der Waals surface area contributed by atoms with E-state index in [0.29, 0.717) is 11.3 Å². The Labute approximate surface area is 121 Å².